The van der Waals surface area contributed by atoms with Gasteiger partial charge in [-0.15, -0.1) is 0 Å². The molecule has 0 saturated carbocycles. The zero-order valence-corrected chi connectivity index (χ0v) is 13.9. The van der Waals surface area contributed by atoms with Gasteiger partial charge in [-0.1, -0.05) is 41.9 Å². The lowest BCUT2D eigenvalue weighted by Gasteiger charge is -2.10. The zero-order valence-electron chi connectivity index (χ0n) is 13.2. The SMILES string of the molecule is Cc1cn(N=Cc2ccccc2OCc2ccccc2Cl)c(N)n1. The molecule has 1 heterocycles. The molecule has 2 N–H and O–H groups in total. The predicted octanol–water partition coefficient (Wildman–Crippen LogP) is 3.89. The molecule has 0 aliphatic carbocycles. The third kappa shape index (κ3) is 3.75. The van der Waals surface area contributed by atoms with Crippen LogP contribution in [-0.4, -0.2) is 15.9 Å². The van der Waals surface area contributed by atoms with Gasteiger partial charge in [-0.05, 0) is 25.1 Å². The summed E-state index contributed by atoms with van der Waals surface area (Å²) in [5, 5.41) is 5.01. The van der Waals surface area contributed by atoms with E-state index in [0.29, 0.717) is 17.6 Å². The molecule has 0 atom stereocenters. The van der Waals surface area contributed by atoms with Gasteiger partial charge in [-0.3, -0.25) is 0 Å². The van der Waals surface area contributed by atoms with Crippen molar-refractivity contribution in [2.45, 2.75) is 13.5 Å². The molecule has 1 aromatic heterocycles. The second kappa shape index (κ2) is 7.19. The molecule has 2 aromatic carbocycles. The van der Waals surface area contributed by atoms with Crippen molar-refractivity contribution in [3.63, 3.8) is 0 Å². The van der Waals surface area contributed by atoms with Gasteiger partial charge in [0.05, 0.1) is 18.1 Å². The van der Waals surface area contributed by atoms with Gasteiger partial charge >= 0.3 is 0 Å². The van der Waals surface area contributed by atoms with Gasteiger partial charge in [0.25, 0.3) is 0 Å². The first-order chi connectivity index (χ1) is 11.6. The summed E-state index contributed by atoms with van der Waals surface area (Å²) in [7, 11) is 0. The molecule has 122 valence electrons. The molecule has 0 unspecified atom stereocenters. The van der Waals surface area contributed by atoms with E-state index in [2.05, 4.69) is 10.1 Å². The third-order valence-corrected chi connectivity index (χ3v) is 3.78. The highest BCUT2D eigenvalue weighted by molar-refractivity contribution is 6.31. The number of rotatable bonds is 5. The van der Waals surface area contributed by atoms with E-state index < -0.39 is 0 Å². The van der Waals surface area contributed by atoms with Crippen molar-refractivity contribution in [1.29, 1.82) is 0 Å². The Balaban J connectivity index is 1.78. The Morgan fingerprint density at radius 3 is 2.71 bits per heavy atom. The van der Waals surface area contributed by atoms with Crippen molar-refractivity contribution in [1.82, 2.24) is 9.66 Å². The fourth-order valence-corrected chi connectivity index (χ4v) is 2.40. The average Bonchev–Trinajstić information content (AvgIpc) is 2.90. The minimum atomic E-state index is 0.346. The van der Waals surface area contributed by atoms with Crippen molar-refractivity contribution < 1.29 is 4.74 Å². The number of nitrogen functional groups attached to an aromatic ring is 1. The summed E-state index contributed by atoms with van der Waals surface area (Å²) in [6, 6.07) is 15.3. The Bertz CT molecular complexity index is 873. The molecule has 24 heavy (non-hydrogen) atoms. The van der Waals surface area contributed by atoms with Gasteiger partial charge in [0.2, 0.25) is 5.95 Å². The summed E-state index contributed by atoms with van der Waals surface area (Å²) in [6.45, 7) is 2.25. The standard InChI is InChI=1S/C18H17ClN4O/c1-13-11-23(18(20)22-13)21-10-14-6-3-5-9-17(14)24-12-15-7-2-4-8-16(15)19/h2-11H,12H2,1H3,(H2,20,22). The zero-order chi connectivity index (χ0) is 16.9. The van der Waals surface area contributed by atoms with E-state index in [1.54, 1.807) is 12.4 Å². The number of aromatic nitrogens is 2. The normalized spacial score (nSPS) is 11.1. The van der Waals surface area contributed by atoms with E-state index in [-0.39, 0.29) is 0 Å². The maximum absolute atomic E-state index is 6.16. The second-order valence-electron chi connectivity index (χ2n) is 5.25. The lowest BCUT2D eigenvalue weighted by Crippen LogP contribution is -2.00. The number of anilines is 1. The maximum atomic E-state index is 6.16. The van der Waals surface area contributed by atoms with Crippen LogP contribution in [0, 0.1) is 6.92 Å². The first-order valence-corrected chi connectivity index (χ1v) is 7.82. The summed E-state index contributed by atoms with van der Waals surface area (Å²) >= 11 is 6.16. The topological polar surface area (TPSA) is 65.4 Å². The molecular formula is C18H17ClN4O. The smallest absolute Gasteiger partial charge is 0.221 e. The summed E-state index contributed by atoms with van der Waals surface area (Å²) < 4.78 is 7.42. The Morgan fingerprint density at radius 1 is 1.21 bits per heavy atom. The molecule has 0 saturated heterocycles. The molecule has 0 spiro atoms. The quantitative estimate of drug-likeness (QED) is 0.716. The highest BCUT2D eigenvalue weighted by Crippen LogP contribution is 2.21. The first-order valence-electron chi connectivity index (χ1n) is 7.44. The van der Waals surface area contributed by atoms with Crippen LogP contribution in [0.1, 0.15) is 16.8 Å². The van der Waals surface area contributed by atoms with E-state index >= 15 is 0 Å². The van der Waals surface area contributed by atoms with Crippen molar-refractivity contribution in [2.24, 2.45) is 5.10 Å². The van der Waals surface area contributed by atoms with Gasteiger partial charge in [0.1, 0.15) is 12.4 Å². The molecule has 0 bridgehead atoms. The lowest BCUT2D eigenvalue weighted by atomic mass is 10.2. The molecular weight excluding hydrogens is 324 g/mol. The lowest BCUT2D eigenvalue weighted by molar-refractivity contribution is 0.306. The fourth-order valence-electron chi connectivity index (χ4n) is 2.21. The number of imidazole rings is 1. The van der Waals surface area contributed by atoms with E-state index in [1.807, 2.05) is 55.5 Å². The van der Waals surface area contributed by atoms with Crippen LogP contribution in [-0.2, 0) is 6.61 Å². The van der Waals surface area contributed by atoms with Gasteiger partial charge in [-0.25, -0.2) is 9.66 Å². The average molecular weight is 341 g/mol. The van der Waals surface area contributed by atoms with Crippen LogP contribution in [0.3, 0.4) is 0 Å². The molecule has 3 aromatic rings. The van der Waals surface area contributed by atoms with Crippen molar-refractivity contribution in [3.05, 3.63) is 76.6 Å². The summed E-state index contributed by atoms with van der Waals surface area (Å²) in [6.07, 6.45) is 3.46. The Kier molecular flexibility index (Phi) is 4.82. The molecule has 0 aliphatic rings. The monoisotopic (exact) mass is 340 g/mol. The number of para-hydroxylation sites is 1. The summed E-state index contributed by atoms with van der Waals surface area (Å²) in [5.41, 5.74) is 8.37. The van der Waals surface area contributed by atoms with Crippen LogP contribution < -0.4 is 10.5 Å². The minimum Gasteiger partial charge on any atom is -0.488 e. The number of nitrogens with two attached hydrogens (primary N) is 1. The Morgan fingerprint density at radius 2 is 1.96 bits per heavy atom. The van der Waals surface area contributed by atoms with Crippen LogP contribution in [0.4, 0.5) is 5.95 Å². The highest BCUT2D eigenvalue weighted by Gasteiger charge is 2.04. The van der Waals surface area contributed by atoms with Gasteiger partial charge in [-0.2, -0.15) is 5.10 Å². The van der Waals surface area contributed by atoms with Crippen LogP contribution in [0.5, 0.6) is 5.75 Å². The van der Waals surface area contributed by atoms with Gasteiger partial charge < -0.3 is 10.5 Å². The maximum Gasteiger partial charge on any atom is 0.221 e. The van der Waals surface area contributed by atoms with Crippen molar-refractivity contribution >= 4 is 23.8 Å². The number of hydrogen-bond acceptors (Lipinski definition) is 4. The number of benzene rings is 2. The van der Waals surface area contributed by atoms with Crippen molar-refractivity contribution in [3.8, 4) is 5.75 Å². The number of nitrogens with zero attached hydrogens (tertiary/aromatic N) is 3. The van der Waals surface area contributed by atoms with E-state index in [1.165, 1.54) is 4.68 Å². The molecule has 5 nitrogen and oxygen atoms in total. The van der Waals surface area contributed by atoms with Crippen LogP contribution in [0.25, 0.3) is 0 Å². The summed E-state index contributed by atoms with van der Waals surface area (Å²) in [5.74, 6) is 1.06. The third-order valence-electron chi connectivity index (χ3n) is 3.42. The number of aryl methyl sites for hydroxylation is 1. The predicted molar refractivity (Wildman–Crippen MR) is 96.6 cm³/mol. The molecule has 0 aliphatic heterocycles. The van der Waals surface area contributed by atoms with Gasteiger partial charge in [0, 0.05) is 16.1 Å². The molecule has 3 rings (SSSR count). The van der Waals surface area contributed by atoms with Crippen LogP contribution in [0.2, 0.25) is 5.02 Å². The largest absolute Gasteiger partial charge is 0.488 e. The Labute approximate surface area is 145 Å². The fraction of sp³-hybridized carbons (Fsp3) is 0.111. The molecule has 6 heteroatoms. The van der Waals surface area contributed by atoms with Crippen LogP contribution in [0.15, 0.2) is 59.8 Å². The number of hydrogen-bond donors (Lipinski definition) is 1. The highest BCUT2D eigenvalue weighted by atomic mass is 35.5. The van der Waals surface area contributed by atoms with Crippen molar-refractivity contribution in [2.75, 3.05) is 5.73 Å². The molecule has 0 radical (unpaired) electrons. The number of ether oxygens (including phenoxy) is 1. The second-order valence-corrected chi connectivity index (χ2v) is 5.65. The van der Waals surface area contributed by atoms with Gasteiger partial charge in [0.15, 0.2) is 0 Å². The summed E-state index contributed by atoms with van der Waals surface area (Å²) in [4.78, 5) is 4.11. The Hall–Kier alpha value is -2.79. The number of halogens is 1. The van der Waals surface area contributed by atoms with E-state index in [4.69, 9.17) is 22.1 Å². The first kappa shape index (κ1) is 16.1. The van der Waals surface area contributed by atoms with E-state index in [9.17, 15) is 0 Å². The minimum absolute atomic E-state index is 0.346. The van der Waals surface area contributed by atoms with Crippen LogP contribution >= 0.6 is 11.6 Å². The molecule has 0 fully saturated rings. The molecule has 0 amide bonds. The van der Waals surface area contributed by atoms with E-state index in [0.717, 1.165) is 22.6 Å².